The molecule has 0 saturated heterocycles. The summed E-state index contributed by atoms with van der Waals surface area (Å²) in [5.41, 5.74) is 7.74. The van der Waals surface area contributed by atoms with Crippen LogP contribution in [-0.2, 0) is 6.54 Å². The third-order valence-corrected chi connectivity index (χ3v) is 2.97. The maximum absolute atomic E-state index is 13.3. The van der Waals surface area contributed by atoms with Crippen molar-refractivity contribution in [3.63, 3.8) is 0 Å². The Hall–Kier alpha value is -1.32. The van der Waals surface area contributed by atoms with Crippen LogP contribution in [0.2, 0.25) is 5.02 Å². The van der Waals surface area contributed by atoms with Gasteiger partial charge >= 0.3 is 0 Å². The number of nitrogens with zero attached hydrogens (tertiary/aromatic N) is 1. The fourth-order valence-electron chi connectivity index (χ4n) is 1.82. The second kappa shape index (κ2) is 4.90. The monoisotopic (exact) mass is 252 g/mol. The van der Waals surface area contributed by atoms with Crippen LogP contribution in [-0.4, -0.2) is 4.57 Å². The van der Waals surface area contributed by atoms with Crippen molar-refractivity contribution in [1.29, 1.82) is 0 Å². The summed E-state index contributed by atoms with van der Waals surface area (Å²) in [6.45, 7) is 2.52. The molecule has 0 spiro atoms. The van der Waals surface area contributed by atoms with Gasteiger partial charge in [-0.2, -0.15) is 0 Å². The number of hydrogen-bond donors (Lipinski definition) is 1. The van der Waals surface area contributed by atoms with Crippen molar-refractivity contribution in [2.24, 2.45) is 5.73 Å². The number of hydrogen-bond acceptors (Lipinski definition) is 1. The van der Waals surface area contributed by atoms with Gasteiger partial charge in [0.2, 0.25) is 0 Å². The van der Waals surface area contributed by atoms with Gasteiger partial charge in [0, 0.05) is 24.5 Å². The smallest absolute Gasteiger partial charge is 0.142 e. The normalized spacial score (nSPS) is 12.7. The van der Waals surface area contributed by atoms with E-state index in [1.807, 2.05) is 35.9 Å². The van der Waals surface area contributed by atoms with E-state index in [4.69, 9.17) is 17.3 Å². The van der Waals surface area contributed by atoms with Gasteiger partial charge in [0.25, 0.3) is 0 Å². The number of nitrogens with two attached hydrogens (primary N) is 1. The van der Waals surface area contributed by atoms with E-state index in [1.54, 1.807) is 6.07 Å². The second-order valence-electron chi connectivity index (χ2n) is 4.10. The van der Waals surface area contributed by atoms with E-state index in [1.165, 1.54) is 6.07 Å². The van der Waals surface area contributed by atoms with Gasteiger partial charge in [-0.05, 0) is 36.8 Å². The van der Waals surface area contributed by atoms with Crippen LogP contribution in [0.3, 0.4) is 0 Å². The van der Waals surface area contributed by atoms with E-state index in [0.717, 1.165) is 11.3 Å². The van der Waals surface area contributed by atoms with E-state index in [2.05, 4.69) is 0 Å². The minimum atomic E-state index is -0.390. The first kappa shape index (κ1) is 12.1. The van der Waals surface area contributed by atoms with E-state index >= 15 is 0 Å². The number of halogens is 2. The molecule has 2 nitrogen and oxygen atoms in total. The van der Waals surface area contributed by atoms with Crippen LogP contribution in [0.4, 0.5) is 4.39 Å². The predicted octanol–water partition coefficient (Wildman–Crippen LogP) is 3.35. The Balaban J connectivity index is 2.25. The quantitative estimate of drug-likeness (QED) is 0.892. The Labute approximate surface area is 105 Å². The molecule has 1 heterocycles. The molecule has 0 radical (unpaired) electrons. The zero-order valence-corrected chi connectivity index (χ0v) is 10.3. The van der Waals surface area contributed by atoms with Gasteiger partial charge in [0.1, 0.15) is 5.82 Å². The number of rotatable bonds is 3. The van der Waals surface area contributed by atoms with E-state index in [9.17, 15) is 4.39 Å². The van der Waals surface area contributed by atoms with Gasteiger partial charge in [-0.3, -0.25) is 0 Å². The molecule has 0 saturated carbocycles. The zero-order valence-electron chi connectivity index (χ0n) is 9.53. The average molecular weight is 253 g/mol. The van der Waals surface area contributed by atoms with Gasteiger partial charge in [0.15, 0.2) is 0 Å². The maximum Gasteiger partial charge on any atom is 0.142 e. The highest BCUT2D eigenvalue weighted by atomic mass is 35.5. The number of benzene rings is 1. The van der Waals surface area contributed by atoms with E-state index in [-0.39, 0.29) is 11.1 Å². The van der Waals surface area contributed by atoms with Gasteiger partial charge in [-0.25, -0.2) is 4.39 Å². The number of aromatic nitrogens is 1. The Kier molecular flexibility index (Phi) is 3.50. The van der Waals surface area contributed by atoms with Crippen LogP contribution in [0.25, 0.3) is 0 Å². The first-order chi connectivity index (χ1) is 8.08. The maximum atomic E-state index is 13.3. The first-order valence-electron chi connectivity index (χ1n) is 5.42. The standard InChI is InChI=1S/C13H14ClFN2/c1-9(16)13-3-2-6-17(13)8-10-4-5-11(14)12(15)7-10/h2-7,9H,8,16H2,1H3. The molecule has 17 heavy (non-hydrogen) atoms. The summed E-state index contributed by atoms with van der Waals surface area (Å²) in [6, 6.07) is 8.70. The minimum absolute atomic E-state index is 0.0397. The minimum Gasteiger partial charge on any atom is -0.346 e. The molecule has 2 N–H and O–H groups in total. The van der Waals surface area contributed by atoms with Gasteiger partial charge in [0.05, 0.1) is 5.02 Å². The third-order valence-electron chi connectivity index (χ3n) is 2.67. The van der Waals surface area contributed by atoms with Gasteiger partial charge in [-0.15, -0.1) is 0 Å². The highest BCUT2D eigenvalue weighted by molar-refractivity contribution is 6.30. The molecule has 2 rings (SSSR count). The molecular weight excluding hydrogens is 239 g/mol. The molecule has 0 amide bonds. The summed E-state index contributed by atoms with van der Waals surface area (Å²) < 4.78 is 15.3. The van der Waals surface area contributed by atoms with Crippen molar-refractivity contribution >= 4 is 11.6 Å². The molecule has 4 heteroatoms. The first-order valence-corrected chi connectivity index (χ1v) is 5.80. The lowest BCUT2D eigenvalue weighted by molar-refractivity contribution is 0.621. The Morgan fingerprint density at radius 2 is 2.18 bits per heavy atom. The molecule has 0 fully saturated rings. The van der Waals surface area contributed by atoms with Crippen molar-refractivity contribution < 1.29 is 4.39 Å². The van der Waals surface area contributed by atoms with Crippen molar-refractivity contribution in [1.82, 2.24) is 4.57 Å². The fourth-order valence-corrected chi connectivity index (χ4v) is 1.94. The SMILES string of the molecule is CC(N)c1cccn1Cc1ccc(Cl)c(F)c1. The van der Waals surface area contributed by atoms with Crippen LogP contribution in [0.1, 0.15) is 24.2 Å². The van der Waals surface area contributed by atoms with Crippen LogP contribution >= 0.6 is 11.6 Å². The highest BCUT2D eigenvalue weighted by Gasteiger charge is 2.07. The Bertz CT molecular complexity index is 520. The predicted molar refractivity (Wildman–Crippen MR) is 67.5 cm³/mol. The molecule has 90 valence electrons. The van der Waals surface area contributed by atoms with E-state index in [0.29, 0.717) is 6.54 Å². The molecule has 0 aliphatic rings. The largest absolute Gasteiger partial charge is 0.346 e. The molecule has 0 aliphatic heterocycles. The summed E-state index contributed by atoms with van der Waals surface area (Å²) in [7, 11) is 0. The topological polar surface area (TPSA) is 30.9 Å². The lowest BCUT2D eigenvalue weighted by atomic mass is 10.2. The van der Waals surface area contributed by atoms with Crippen LogP contribution in [0, 0.1) is 5.82 Å². The fraction of sp³-hybridized carbons (Fsp3) is 0.231. The molecule has 1 unspecified atom stereocenters. The van der Waals surface area contributed by atoms with Crippen LogP contribution < -0.4 is 5.73 Å². The Morgan fingerprint density at radius 1 is 1.41 bits per heavy atom. The van der Waals surface area contributed by atoms with Crippen molar-refractivity contribution in [3.05, 3.63) is 58.6 Å². The van der Waals surface area contributed by atoms with Gasteiger partial charge in [-0.1, -0.05) is 17.7 Å². The molecule has 0 bridgehead atoms. The highest BCUT2D eigenvalue weighted by Crippen LogP contribution is 2.18. The summed E-state index contributed by atoms with van der Waals surface area (Å²) in [5, 5.41) is 0.147. The lowest BCUT2D eigenvalue weighted by Crippen LogP contribution is -2.12. The summed E-state index contributed by atoms with van der Waals surface area (Å²) >= 11 is 5.64. The van der Waals surface area contributed by atoms with Crippen LogP contribution in [0.15, 0.2) is 36.5 Å². The zero-order chi connectivity index (χ0) is 12.4. The molecule has 0 aliphatic carbocycles. The van der Waals surface area contributed by atoms with Crippen molar-refractivity contribution in [2.45, 2.75) is 19.5 Å². The molecule has 1 aromatic heterocycles. The molecule has 1 aromatic carbocycles. The summed E-state index contributed by atoms with van der Waals surface area (Å²) in [5.74, 6) is -0.390. The molecule has 2 aromatic rings. The third kappa shape index (κ3) is 2.68. The average Bonchev–Trinajstić information content (AvgIpc) is 2.72. The lowest BCUT2D eigenvalue weighted by Gasteiger charge is -2.12. The van der Waals surface area contributed by atoms with Crippen LogP contribution in [0.5, 0.6) is 0 Å². The summed E-state index contributed by atoms with van der Waals surface area (Å²) in [6.07, 6.45) is 1.94. The second-order valence-corrected chi connectivity index (χ2v) is 4.51. The summed E-state index contributed by atoms with van der Waals surface area (Å²) in [4.78, 5) is 0. The van der Waals surface area contributed by atoms with Gasteiger partial charge < -0.3 is 10.3 Å². The Morgan fingerprint density at radius 3 is 2.82 bits per heavy atom. The molecular formula is C13H14ClFN2. The van der Waals surface area contributed by atoms with E-state index < -0.39 is 5.82 Å². The van der Waals surface area contributed by atoms with Crippen molar-refractivity contribution in [3.8, 4) is 0 Å². The van der Waals surface area contributed by atoms with Crippen molar-refractivity contribution in [2.75, 3.05) is 0 Å². The molecule has 1 atom stereocenters.